The SMILES string of the molecule is O=C1[C@@H]2[C@H]3C[C@H]4[C@@H]2C(=O)[C@@H]2[C@@H]1[C@H]3[C@H]42. The number of carbonyl (C=O) groups is 2. The van der Waals surface area contributed by atoms with E-state index in [0.717, 1.165) is 0 Å². The topological polar surface area (TPSA) is 34.1 Å². The summed E-state index contributed by atoms with van der Waals surface area (Å²) < 4.78 is 0. The molecule has 0 saturated heterocycles. The number of carbonyl (C=O) groups excluding carboxylic acids is 2. The van der Waals surface area contributed by atoms with Crippen LogP contribution >= 0.6 is 0 Å². The molecule has 2 heteroatoms. The molecule has 5 rings (SSSR count). The van der Waals surface area contributed by atoms with Crippen molar-refractivity contribution >= 4 is 11.6 Å². The van der Waals surface area contributed by atoms with Gasteiger partial charge in [-0.25, -0.2) is 0 Å². The molecule has 0 amide bonds. The molecule has 5 aliphatic carbocycles. The van der Waals surface area contributed by atoms with Gasteiger partial charge in [-0.3, -0.25) is 9.59 Å². The molecular weight excluding hydrogens is 164 g/mol. The standard InChI is InChI=1S/C11H10O2/c12-10-6-2-1-3-5-4(2)8(10)9(5)11(13)7(3)6/h2-9H,1H2/t2-,3+,4+,5-,6+,7-,8-,9-/m0/s1. The van der Waals surface area contributed by atoms with Crippen LogP contribution in [0.3, 0.4) is 0 Å². The minimum absolute atomic E-state index is 0.211. The molecule has 0 aromatic heterocycles. The second kappa shape index (κ2) is 1.32. The molecule has 0 spiro atoms. The molecule has 0 aliphatic heterocycles. The monoisotopic (exact) mass is 174 g/mol. The average Bonchev–Trinajstić information content (AvgIpc) is 2.52. The first kappa shape index (κ1) is 5.94. The molecule has 5 saturated carbocycles. The number of hydrogen-bond acceptors (Lipinski definition) is 2. The lowest BCUT2D eigenvalue weighted by atomic mass is 9.59. The van der Waals surface area contributed by atoms with Gasteiger partial charge in [-0.2, -0.15) is 0 Å². The summed E-state index contributed by atoms with van der Waals surface area (Å²) in [7, 11) is 0. The maximum atomic E-state index is 11.9. The Morgan fingerprint density at radius 1 is 0.769 bits per heavy atom. The molecule has 66 valence electrons. The first-order chi connectivity index (χ1) is 6.30. The highest BCUT2D eigenvalue weighted by Crippen LogP contribution is 2.80. The summed E-state index contributed by atoms with van der Waals surface area (Å²) >= 11 is 0. The predicted molar refractivity (Wildman–Crippen MR) is 42.6 cm³/mol. The van der Waals surface area contributed by atoms with E-state index in [0.29, 0.717) is 35.2 Å². The zero-order valence-electron chi connectivity index (χ0n) is 7.14. The smallest absolute Gasteiger partial charge is 0.141 e. The highest BCUT2D eigenvalue weighted by molar-refractivity contribution is 6.06. The van der Waals surface area contributed by atoms with Gasteiger partial charge in [-0.05, 0) is 30.1 Å². The van der Waals surface area contributed by atoms with Crippen LogP contribution in [0.5, 0.6) is 0 Å². The Morgan fingerprint density at radius 2 is 1.23 bits per heavy atom. The van der Waals surface area contributed by atoms with Crippen LogP contribution in [0.4, 0.5) is 0 Å². The van der Waals surface area contributed by atoms with Crippen molar-refractivity contribution in [2.24, 2.45) is 47.3 Å². The van der Waals surface area contributed by atoms with Crippen molar-refractivity contribution < 1.29 is 9.59 Å². The molecule has 0 aromatic rings. The molecule has 0 N–H and O–H groups in total. The summed E-state index contributed by atoms with van der Waals surface area (Å²) in [5.74, 6) is 4.49. The summed E-state index contributed by atoms with van der Waals surface area (Å²) in [4.78, 5) is 23.8. The third-order valence-electron chi connectivity index (χ3n) is 5.82. The summed E-state index contributed by atoms with van der Waals surface area (Å²) in [6.07, 6.45) is 1.22. The van der Waals surface area contributed by atoms with E-state index < -0.39 is 0 Å². The number of rotatable bonds is 0. The zero-order chi connectivity index (χ0) is 8.48. The van der Waals surface area contributed by atoms with Crippen LogP contribution in [0, 0.1) is 47.3 Å². The third kappa shape index (κ3) is 0.323. The van der Waals surface area contributed by atoms with E-state index in [2.05, 4.69) is 0 Å². The molecule has 0 aromatic carbocycles. The fourth-order valence-electron chi connectivity index (χ4n) is 5.80. The molecular formula is C11H10O2. The van der Waals surface area contributed by atoms with Crippen LogP contribution in [-0.2, 0) is 9.59 Å². The van der Waals surface area contributed by atoms with E-state index >= 15 is 0 Å². The lowest BCUT2D eigenvalue weighted by molar-refractivity contribution is -0.145. The van der Waals surface area contributed by atoms with Crippen molar-refractivity contribution in [1.29, 1.82) is 0 Å². The molecule has 13 heavy (non-hydrogen) atoms. The van der Waals surface area contributed by atoms with Crippen LogP contribution < -0.4 is 0 Å². The van der Waals surface area contributed by atoms with Crippen molar-refractivity contribution in [2.45, 2.75) is 6.42 Å². The second-order valence-corrected chi connectivity index (χ2v) is 5.63. The van der Waals surface area contributed by atoms with Gasteiger partial charge in [-0.1, -0.05) is 0 Å². The van der Waals surface area contributed by atoms with E-state index in [-0.39, 0.29) is 23.7 Å². The van der Waals surface area contributed by atoms with E-state index in [1.54, 1.807) is 0 Å². The number of hydrogen-bond donors (Lipinski definition) is 0. The van der Waals surface area contributed by atoms with E-state index in [4.69, 9.17) is 0 Å². The van der Waals surface area contributed by atoms with Crippen LogP contribution in [0.25, 0.3) is 0 Å². The van der Waals surface area contributed by atoms with Gasteiger partial charge in [0, 0.05) is 23.7 Å². The van der Waals surface area contributed by atoms with E-state index in [9.17, 15) is 9.59 Å². The highest BCUT2D eigenvalue weighted by atomic mass is 16.1. The van der Waals surface area contributed by atoms with Crippen molar-refractivity contribution in [3.8, 4) is 0 Å². The molecule has 2 nitrogen and oxygen atoms in total. The summed E-state index contributed by atoms with van der Waals surface area (Å²) in [5.41, 5.74) is 0. The maximum absolute atomic E-state index is 11.9. The molecule has 0 radical (unpaired) electrons. The second-order valence-electron chi connectivity index (χ2n) is 5.63. The average molecular weight is 174 g/mol. The van der Waals surface area contributed by atoms with Gasteiger partial charge < -0.3 is 0 Å². The van der Waals surface area contributed by atoms with Gasteiger partial charge >= 0.3 is 0 Å². The Kier molecular flexibility index (Phi) is 0.602. The first-order valence-electron chi connectivity index (χ1n) is 5.38. The van der Waals surface area contributed by atoms with Crippen molar-refractivity contribution in [1.82, 2.24) is 0 Å². The highest BCUT2D eigenvalue weighted by Gasteiger charge is 2.84. The van der Waals surface area contributed by atoms with Crippen molar-refractivity contribution in [2.75, 3.05) is 0 Å². The largest absolute Gasteiger partial charge is 0.299 e. The van der Waals surface area contributed by atoms with Gasteiger partial charge in [0.25, 0.3) is 0 Å². The Hall–Kier alpha value is -0.660. The summed E-state index contributed by atoms with van der Waals surface area (Å²) in [6, 6.07) is 0. The van der Waals surface area contributed by atoms with Gasteiger partial charge in [0.1, 0.15) is 11.6 Å². The number of fused-ring (bicyclic) bond motifs is 2. The zero-order valence-corrected chi connectivity index (χ0v) is 7.14. The first-order valence-corrected chi connectivity index (χ1v) is 5.38. The molecule has 8 atom stereocenters. The van der Waals surface area contributed by atoms with Gasteiger partial charge in [0.15, 0.2) is 0 Å². The van der Waals surface area contributed by atoms with E-state index in [1.165, 1.54) is 6.42 Å². The van der Waals surface area contributed by atoms with Crippen LogP contribution in [0.2, 0.25) is 0 Å². The molecule has 2 bridgehead atoms. The minimum atomic E-state index is 0.211. The van der Waals surface area contributed by atoms with Gasteiger partial charge in [0.2, 0.25) is 0 Å². The van der Waals surface area contributed by atoms with Gasteiger partial charge in [-0.15, -0.1) is 0 Å². The lowest BCUT2D eigenvalue weighted by Gasteiger charge is -2.42. The normalized spacial score (nSPS) is 74.2. The molecule has 0 unspecified atom stereocenters. The van der Waals surface area contributed by atoms with Crippen molar-refractivity contribution in [3.05, 3.63) is 0 Å². The molecule has 0 heterocycles. The Bertz CT molecular complexity index is 346. The Labute approximate surface area is 75.7 Å². The van der Waals surface area contributed by atoms with Gasteiger partial charge in [0.05, 0.1) is 0 Å². The number of ketones is 2. The predicted octanol–water partition coefficient (Wildman–Crippen LogP) is 0.512. The van der Waals surface area contributed by atoms with Crippen LogP contribution in [-0.4, -0.2) is 11.6 Å². The molecule has 5 aliphatic rings. The Balaban J connectivity index is 1.92. The van der Waals surface area contributed by atoms with Crippen LogP contribution in [0.1, 0.15) is 6.42 Å². The molecule has 5 fully saturated rings. The third-order valence-corrected chi connectivity index (χ3v) is 5.82. The fraction of sp³-hybridized carbons (Fsp3) is 0.818. The minimum Gasteiger partial charge on any atom is -0.299 e. The summed E-state index contributed by atoms with van der Waals surface area (Å²) in [6.45, 7) is 0. The number of Topliss-reactive ketones (excluding diaryl/α,β-unsaturated/α-hetero) is 2. The lowest BCUT2D eigenvalue weighted by Crippen LogP contribution is -2.47. The Morgan fingerprint density at radius 3 is 1.69 bits per heavy atom. The van der Waals surface area contributed by atoms with Crippen LogP contribution in [0.15, 0.2) is 0 Å². The quantitative estimate of drug-likeness (QED) is 0.536. The summed E-state index contributed by atoms with van der Waals surface area (Å²) in [5, 5.41) is 0. The maximum Gasteiger partial charge on any atom is 0.141 e. The fourth-order valence-corrected chi connectivity index (χ4v) is 5.80. The van der Waals surface area contributed by atoms with Crippen molar-refractivity contribution in [3.63, 3.8) is 0 Å². The van der Waals surface area contributed by atoms with E-state index in [1.807, 2.05) is 0 Å².